The normalized spacial score (nSPS) is 11.1. The Morgan fingerprint density at radius 2 is 1.86 bits per heavy atom. The number of hydrogen-bond acceptors (Lipinski definition) is 4. The van der Waals surface area contributed by atoms with Crippen LogP contribution in [0, 0.1) is 0 Å². The molecule has 0 bridgehead atoms. The number of carbonyl (C=O) groups is 1. The van der Waals surface area contributed by atoms with Gasteiger partial charge in [0.25, 0.3) is 0 Å². The minimum absolute atomic E-state index is 0.0241. The van der Waals surface area contributed by atoms with E-state index >= 15 is 0 Å². The molecule has 0 heterocycles. The maximum atomic E-state index is 11.4. The zero-order chi connectivity index (χ0) is 16.0. The molecule has 1 aromatic carbocycles. The highest BCUT2D eigenvalue weighted by Gasteiger charge is 2.15. The van der Waals surface area contributed by atoms with Gasteiger partial charge in [-0.2, -0.15) is 0 Å². The van der Waals surface area contributed by atoms with Gasteiger partial charge in [-0.3, -0.25) is 0 Å². The Labute approximate surface area is 134 Å². The van der Waals surface area contributed by atoms with E-state index in [1.54, 1.807) is 20.8 Å². The Morgan fingerprint density at radius 1 is 1.29 bits per heavy atom. The molecule has 0 saturated carbocycles. The molecule has 0 saturated heterocycles. The lowest BCUT2D eigenvalue weighted by Gasteiger charge is -2.19. The smallest absolute Gasteiger partial charge is 0.407 e. The van der Waals surface area contributed by atoms with Crippen molar-refractivity contribution < 1.29 is 19.4 Å². The van der Waals surface area contributed by atoms with Crippen LogP contribution in [0.3, 0.4) is 0 Å². The number of aromatic hydroxyl groups is 1. The Kier molecular flexibility index (Phi) is 6.42. The maximum Gasteiger partial charge on any atom is 0.407 e. The molecule has 5 nitrogen and oxygen atoms in total. The van der Waals surface area contributed by atoms with E-state index in [0.29, 0.717) is 25.3 Å². The molecule has 1 amide bonds. The fourth-order valence-corrected chi connectivity index (χ4v) is 2.02. The van der Waals surface area contributed by atoms with Gasteiger partial charge >= 0.3 is 6.09 Å². The van der Waals surface area contributed by atoms with E-state index in [1.807, 2.05) is 0 Å². The zero-order valence-electron chi connectivity index (χ0n) is 12.2. The SMILES string of the molecule is CC(C)(C)OC(=O)NCCCOc1c(Cl)cc(O)cc1Cl. The lowest BCUT2D eigenvalue weighted by Crippen LogP contribution is -2.33. The summed E-state index contributed by atoms with van der Waals surface area (Å²) < 4.78 is 10.5. The van der Waals surface area contributed by atoms with Crippen molar-refractivity contribution in [3.8, 4) is 11.5 Å². The molecule has 0 radical (unpaired) electrons. The predicted octanol–water partition coefficient (Wildman–Crippen LogP) is 3.99. The van der Waals surface area contributed by atoms with Crippen LogP contribution >= 0.6 is 23.2 Å². The van der Waals surface area contributed by atoms with E-state index in [1.165, 1.54) is 12.1 Å². The van der Waals surface area contributed by atoms with Crippen LogP contribution in [0.1, 0.15) is 27.2 Å². The maximum absolute atomic E-state index is 11.4. The quantitative estimate of drug-likeness (QED) is 0.798. The van der Waals surface area contributed by atoms with Gasteiger partial charge in [-0.15, -0.1) is 0 Å². The van der Waals surface area contributed by atoms with E-state index in [-0.39, 0.29) is 15.8 Å². The third-order valence-corrected chi connectivity index (χ3v) is 2.78. The average molecular weight is 336 g/mol. The molecular weight excluding hydrogens is 317 g/mol. The van der Waals surface area contributed by atoms with Crippen LogP contribution in [0.5, 0.6) is 11.5 Å². The average Bonchev–Trinajstić information content (AvgIpc) is 2.29. The summed E-state index contributed by atoms with van der Waals surface area (Å²) >= 11 is 11.8. The fourth-order valence-electron chi connectivity index (χ4n) is 1.44. The first-order valence-corrected chi connectivity index (χ1v) is 7.22. The number of halogens is 2. The van der Waals surface area contributed by atoms with Crippen molar-refractivity contribution in [3.05, 3.63) is 22.2 Å². The van der Waals surface area contributed by atoms with Crippen LogP contribution in [-0.2, 0) is 4.74 Å². The van der Waals surface area contributed by atoms with Gasteiger partial charge in [-0.1, -0.05) is 23.2 Å². The summed E-state index contributed by atoms with van der Waals surface area (Å²) in [5.41, 5.74) is -0.520. The number of ether oxygens (including phenoxy) is 2. The topological polar surface area (TPSA) is 67.8 Å². The second-order valence-electron chi connectivity index (χ2n) is 5.37. The van der Waals surface area contributed by atoms with Crippen LogP contribution < -0.4 is 10.1 Å². The molecule has 0 atom stereocenters. The minimum Gasteiger partial charge on any atom is -0.508 e. The van der Waals surface area contributed by atoms with Gasteiger partial charge in [0.15, 0.2) is 5.75 Å². The van der Waals surface area contributed by atoms with Gasteiger partial charge in [0, 0.05) is 18.7 Å². The molecule has 7 heteroatoms. The number of amides is 1. The molecule has 118 valence electrons. The largest absolute Gasteiger partial charge is 0.508 e. The summed E-state index contributed by atoms with van der Waals surface area (Å²) in [7, 11) is 0. The Morgan fingerprint density at radius 3 is 2.38 bits per heavy atom. The van der Waals surface area contributed by atoms with Gasteiger partial charge < -0.3 is 19.9 Å². The molecule has 0 spiro atoms. The highest BCUT2D eigenvalue weighted by Crippen LogP contribution is 2.36. The number of carbonyl (C=O) groups excluding carboxylic acids is 1. The molecular formula is C14H19Cl2NO4. The summed E-state index contributed by atoms with van der Waals surface area (Å²) in [6.45, 7) is 6.11. The van der Waals surface area contributed by atoms with Crippen molar-refractivity contribution in [1.29, 1.82) is 0 Å². The molecule has 21 heavy (non-hydrogen) atoms. The summed E-state index contributed by atoms with van der Waals surface area (Å²) in [4.78, 5) is 11.4. The van der Waals surface area contributed by atoms with Crippen molar-refractivity contribution in [2.75, 3.05) is 13.2 Å². The Hall–Kier alpha value is -1.33. The lowest BCUT2D eigenvalue weighted by atomic mass is 10.2. The number of alkyl carbamates (subject to hydrolysis) is 1. The zero-order valence-corrected chi connectivity index (χ0v) is 13.7. The first kappa shape index (κ1) is 17.7. The van der Waals surface area contributed by atoms with Crippen LogP contribution in [0.2, 0.25) is 10.0 Å². The molecule has 1 aromatic rings. The predicted molar refractivity (Wildman–Crippen MR) is 82.5 cm³/mol. The van der Waals surface area contributed by atoms with Crippen molar-refractivity contribution in [2.45, 2.75) is 32.8 Å². The lowest BCUT2D eigenvalue weighted by molar-refractivity contribution is 0.0525. The fraction of sp³-hybridized carbons (Fsp3) is 0.500. The van der Waals surface area contributed by atoms with Crippen molar-refractivity contribution >= 4 is 29.3 Å². The van der Waals surface area contributed by atoms with Gasteiger partial charge in [0.1, 0.15) is 11.4 Å². The first-order chi connectivity index (χ1) is 9.69. The van der Waals surface area contributed by atoms with Gasteiger partial charge in [-0.25, -0.2) is 4.79 Å². The van der Waals surface area contributed by atoms with Gasteiger partial charge in [0.2, 0.25) is 0 Å². The highest BCUT2D eigenvalue weighted by atomic mass is 35.5. The molecule has 2 N–H and O–H groups in total. The van der Waals surface area contributed by atoms with E-state index in [9.17, 15) is 9.90 Å². The Bertz CT molecular complexity index is 477. The molecule has 0 fully saturated rings. The van der Waals surface area contributed by atoms with Crippen molar-refractivity contribution in [1.82, 2.24) is 5.32 Å². The number of phenolic OH excluding ortho intramolecular Hbond substituents is 1. The molecule has 0 unspecified atom stereocenters. The molecule has 0 aliphatic rings. The van der Waals surface area contributed by atoms with Crippen LogP contribution in [-0.4, -0.2) is 30.0 Å². The summed E-state index contributed by atoms with van der Waals surface area (Å²) in [6, 6.07) is 2.70. The number of hydrogen-bond donors (Lipinski definition) is 2. The number of rotatable bonds is 5. The third kappa shape index (κ3) is 6.78. The Balaban J connectivity index is 2.31. The number of benzene rings is 1. The highest BCUT2D eigenvalue weighted by molar-refractivity contribution is 6.37. The number of nitrogens with one attached hydrogen (secondary N) is 1. The summed E-state index contributed by atoms with van der Waals surface area (Å²) in [5.74, 6) is 0.289. The van der Waals surface area contributed by atoms with Crippen LogP contribution in [0.25, 0.3) is 0 Å². The third-order valence-electron chi connectivity index (χ3n) is 2.22. The van der Waals surface area contributed by atoms with Gasteiger partial charge in [-0.05, 0) is 27.2 Å². The van der Waals surface area contributed by atoms with Crippen LogP contribution in [0.4, 0.5) is 4.79 Å². The standard InChI is InChI=1S/C14H19Cl2NO4/c1-14(2,3)21-13(19)17-5-4-6-20-12-10(15)7-9(18)8-11(12)16/h7-8,18H,4-6H2,1-3H3,(H,17,19). The van der Waals surface area contributed by atoms with E-state index in [4.69, 9.17) is 32.7 Å². The van der Waals surface area contributed by atoms with E-state index in [2.05, 4.69) is 5.32 Å². The van der Waals surface area contributed by atoms with Crippen molar-refractivity contribution in [3.63, 3.8) is 0 Å². The second kappa shape index (κ2) is 7.61. The van der Waals surface area contributed by atoms with E-state index < -0.39 is 11.7 Å². The molecule has 0 aliphatic carbocycles. The summed E-state index contributed by atoms with van der Waals surface area (Å²) in [5, 5.41) is 12.4. The van der Waals surface area contributed by atoms with Crippen molar-refractivity contribution in [2.24, 2.45) is 0 Å². The first-order valence-electron chi connectivity index (χ1n) is 6.46. The second-order valence-corrected chi connectivity index (χ2v) is 6.18. The number of phenols is 1. The molecule has 0 aromatic heterocycles. The monoisotopic (exact) mass is 335 g/mol. The molecule has 1 rings (SSSR count). The van der Waals surface area contributed by atoms with E-state index in [0.717, 1.165) is 0 Å². The van der Waals surface area contributed by atoms with Gasteiger partial charge in [0.05, 0.1) is 16.7 Å². The van der Waals surface area contributed by atoms with Crippen LogP contribution in [0.15, 0.2) is 12.1 Å². The summed E-state index contributed by atoms with van der Waals surface area (Å²) in [6.07, 6.45) is 0.0930. The molecule has 0 aliphatic heterocycles. The minimum atomic E-state index is -0.520.